The van der Waals surface area contributed by atoms with Crippen LogP contribution in [0, 0.1) is 5.41 Å². The summed E-state index contributed by atoms with van der Waals surface area (Å²) in [6.07, 6.45) is 1.41. The number of hydrogen-bond acceptors (Lipinski definition) is 2. The molecule has 10 heavy (non-hydrogen) atoms. The van der Waals surface area contributed by atoms with E-state index in [1.54, 1.807) is 6.92 Å². The average Bonchev–Trinajstić information content (AvgIpc) is 2.65. The first-order valence-electron chi connectivity index (χ1n) is 3.40. The number of Topliss-reactive ketones (excluding diaryl/α,β-unsaturated/α-hetero) is 1. The summed E-state index contributed by atoms with van der Waals surface area (Å²) in [7, 11) is 0. The van der Waals surface area contributed by atoms with Gasteiger partial charge in [0, 0.05) is 6.42 Å². The molecule has 3 heteroatoms. The summed E-state index contributed by atoms with van der Waals surface area (Å²) in [6, 6.07) is 0. The second-order valence-corrected chi connectivity index (χ2v) is 2.66. The fourth-order valence-corrected chi connectivity index (χ4v) is 1.08. The molecular weight excluding hydrogens is 132 g/mol. The van der Waals surface area contributed by atoms with E-state index in [9.17, 15) is 9.59 Å². The summed E-state index contributed by atoms with van der Waals surface area (Å²) in [4.78, 5) is 21.4. The summed E-state index contributed by atoms with van der Waals surface area (Å²) in [5, 5.41) is 8.58. The van der Waals surface area contributed by atoms with Crippen LogP contribution in [-0.2, 0) is 9.59 Å². The van der Waals surface area contributed by atoms with Gasteiger partial charge < -0.3 is 5.11 Å². The van der Waals surface area contributed by atoms with E-state index >= 15 is 0 Å². The largest absolute Gasteiger partial charge is 0.480 e. The lowest BCUT2D eigenvalue weighted by Crippen LogP contribution is -2.24. The van der Waals surface area contributed by atoms with Gasteiger partial charge in [0.25, 0.3) is 0 Å². The number of carboxylic acid groups (broad SMARTS) is 1. The van der Waals surface area contributed by atoms with E-state index in [2.05, 4.69) is 0 Å². The maximum atomic E-state index is 11.0. The van der Waals surface area contributed by atoms with Crippen LogP contribution in [-0.4, -0.2) is 16.9 Å². The third-order valence-corrected chi connectivity index (χ3v) is 2.01. The molecule has 0 atom stereocenters. The summed E-state index contributed by atoms with van der Waals surface area (Å²) in [5.41, 5.74) is -0.964. The van der Waals surface area contributed by atoms with Crippen molar-refractivity contribution in [3.05, 3.63) is 0 Å². The fourth-order valence-electron chi connectivity index (χ4n) is 1.08. The van der Waals surface area contributed by atoms with Crippen LogP contribution < -0.4 is 0 Å². The molecule has 0 aliphatic heterocycles. The van der Waals surface area contributed by atoms with Crippen LogP contribution in [0.15, 0.2) is 0 Å². The molecule has 56 valence electrons. The van der Waals surface area contributed by atoms with Gasteiger partial charge in [-0.15, -0.1) is 0 Å². The van der Waals surface area contributed by atoms with Crippen molar-refractivity contribution < 1.29 is 14.7 Å². The van der Waals surface area contributed by atoms with E-state index in [-0.39, 0.29) is 5.78 Å². The minimum Gasteiger partial charge on any atom is -0.480 e. The van der Waals surface area contributed by atoms with Gasteiger partial charge in [0.05, 0.1) is 0 Å². The van der Waals surface area contributed by atoms with Gasteiger partial charge in [-0.05, 0) is 12.8 Å². The van der Waals surface area contributed by atoms with Gasteiger partial charge in [-0.25, -0.2) is 0 Å². The second kappa shape index (κ2) is 2.08. The SMILES string of the molecule is CCC(=O)C1(C(=O)O)CC1. The molecule has 0 radical (unpaired) electrons. The lowest BCUT2D eigenvalue weighted by atomic mass is 10.00. The second-order valence-electron chi connectivity index (χ2n) is 2.66. The molecule has 1 saturated carbocycles. The summed E-state index contributed by atoms with van der Waals surface area (Å²) in [6.45, 7) is 1.70. The third kappa shape index (κ3) is 0.818. The van der Waals surface area contributed by atoms with Crippen LogP contribution in [0.4, 0.5) is 0 Å². The van der Waals surface area contributed by atoms with E-state index in [1.807, 2.05) is 0 Å². The Kier molecular flexibility index (Phi) is 1.50. The normalized spacial score (nSPS) is 20.1. The van der Waals surface area contributed by atoms with Crippen LogP contribution in [0.25, 0.3) is 0 Å². The number of ketones is 1. The lowest BCUT2D eigenvalue weighted by molar-refractivity contribution is -0.148. The Morgan fingerprint density at radius 2 is 2.00 bits per heavy atom. The molecular formula is C7H10O3. The van der Waals surface area contributed by atoms with Gasteiger partial charge >= 0.3 is 5.97 Å². The lowest BCUT2D eigenvalue weighted by Gasteiger charge is -2.04. The van der Waals surface area contributed by atoms with Crippen molar-refractivity contribution in [2.75, 3.05) is 0 Å². The Morgan fingerprint density at radius 1 is 1.50 bits per heavy atom. The number of carbonyl (C=O) groups is 2. The topological polar surface area (TPSA) is 54.4 Å². The number of rotatable bonds is 3. The van der Waals surface area contributed by atoms with Crippen molar-refractivity contribution in [1.82, 2.24) is 0 Å². The fraction of sp³-hybridized carbons (Fsp3) is 0.714. The van der Waals surface area contributed by atoms with Crippen LogP contribution >= 0.6 is 0 Å². The Morgan fingerprint density at radius 3 is 2.10 bits per heavy atom. The van der Waals surface area contributed by atoms with Gasteiger partial charge in [0.2, 0.25) is 0 Å². The molecule has 0 saturated heterocycles. The molecule has 3 nitrogen and oxygen atoms in total. The minimum absolute atomic E-state index is 0.125. The molecule has 1 rings (SSSR count). The highest BCUT2D eigenvalue weighted by Crippen LogP contribution is 2.47. The van der Waals surface area contributed by atoms with E-state index < -0.39 is 11.4 Å². The van der Waals surface area contributed by atoms with Crippen molar-refractivity contribution in [3.63, 3.8) is 0 Å². The zero-order chi connectivity index (χ0) is 7.78. The first-order valence-corrected chi connectivity index (χ1v) is 3.40. The molecule has 1 N–H and O–H groups in total. The van der Waals surface area contributed by atoms with E-state index in [4.69, 9.17) is 5.11 Å². The summed E-state index contributed by atoms with van der Waals surface area (Å²) in [5.74, 6) is -1.07. The predicted octanol–water partition coefficient (Wildman–Crippen LogP) is 0.830. The molecule has 0 aromatic carbocycles. The Hall–Kier alpha value is -0.860. The third-order valence-electron chi connectivity index (χ3n) is 2.01. The zero-order valence-electron chi connectivity index (χ0n) is 5.89. The Balaban J connectivity index is 2.69. The first kappa shape index (κ1) is 7.25. The smallest absolute Gasteiger partial charge is 0.317 e. The molecule has 0 aromatic heterocycles. The van der Waals surface area contributed by atoms with Gasteiger partial charge in [0.15, 0.2) is 0 Å². The number of hydrogen-bond donors (Lipinski definition) is 1. The highest BCUT2D eigenvalue weighted by molar-refractivity contribution is 6.05. The van der Waals surface area contributed by atoms with Crippen LogP contribution in [0.3, 0.4) is 0 Å². The molecule has 0 heterocycles. The predicted molar refractivity (Wildman–Crippen MR) is 34.6 cm³/mol. The molecule has 0 bridgehead atoms. The monoisotopic (exact) mass is 142 g/mol. The Labute approximate surface area is 59.0 Å². The van der Waals surface area contributed by atoms with E-state index in [0.717, 1.165) is 0 Å². The van der Waals surface area contributed by atoms with Crippen molar-refractivity contribution in [2.45, 2.75) is 26.2 Å². The molecule has 1 aliphatic rings. The molecule has 0 amide bonds. The van der Waals surface area contributed by atoms with E-state index in [0.29, 0.717) is 19.3 Å². The number of carboxylic acids is 1. The van der Waals surface area contributed by atoms with Gasteiger partial charge in [0.1, 0.15) is 11.2 Å². The molecule has 0 aromatic rings. The first-order chi connectivity index (χ1) is 4.63. The molecule has 1 aliphatic carbocycles. The quantitative estimate of drug-likeness (QED) is 0.594. The molecule has 0 unspecified atom stereocenters. The summed E-state index contributed by atoms with van der Waals surface area (Å²) < 4.78 is 0. The average molecular weight is 142 g/mol. The zero-order valence-corrected chi connectivity index (χ0v) is 5.89. The van der Waals surface area contributed by atoms with Crippen LogP contribution in [0.5, 0.6) is 0 Å². The standard InChI is InChI=1S/C7H10O3/c1-2-5(8)7(3-4-7)6(9)10/h2-4H2,1H3,(H,9,10). The van der Waals surface area contributed by atoms with Crippen molar-refractivity contribution >= 4 is 11.8 Å². The maximum Gasteiger partial charge on any atom is 0.317 e. The number of aliphatic carboxylic acids is 1. The van der Waals surface area contributed by atoms with Crippen molar-refractivity contribution in [3.8, 4) is 0 Å². The highest BCUT2D eigenvalue weighted by Gasteiger charge is 2.55. The van der Waals surface area contributed by atoms with Gasteiger partial charge in [-0.3, -0.25) is 9.59 Å². The Bertz CT molecular complexity index is 179. The van der Waals surface area contributed by atoms with Crippen LogP contribution in [0.2, 0.25) is 0 Å². The van der Waals surface area contributed by atoms with Gasteiger partial charge in [-0.1, -0.05) is 6.92 Å². The number of carbonyl (C=O) groups excluding carboxylic acids is 1. The minimum atomic E-state index is -0.964. The van der Waals surface area contributed by atoms with Crippen LogP contribution in [0.1, 0.15) is 26.2 Å². The highest BCUT2D eigenvalue weighted by atomic mass is 16.4. The molecule has 1 fully saturated rings. The van der Waals surface area contributed by atoms with E-state index in [1.165, 1.54) is 0 Å². The van der Waals surface area contributed by atoms with Crippen molar-refractivity contribution in [2.24, 2.45) is 5.41 Å². The maximum absolute atomic E-state index is 11.0. The summed E-state index contributed by atoms with van der Waals surface area (Å²) >= 11 is 0. The molecule has 0 spiro atoms. The van der Waals surface area contributed by atoms with Crippen molar-refractivity contribution in [1.29, 1.82) is 0 Å². The van der Waals surface area contributed by atoms with Gasteiger partial charge in [-0.2, -0.15) is 0 Å².